The first-order valence-electron chi connectivity index (χ1n) is 40.1. The number of guanidine groups is 2. The molecule has 4 aromatic heterocycles. The minimum absolute atomic E-state index is 0. The first-order valence-corrected chi connectivity index (χ1v) is 41.7. The zero-order valence-corrected chi connectivity index (χ0v) is 73.9. The van der Waals surface area contributed by atoms with Crippen molar-refractivity contribution in [2.45, 2.75) is 207 Å². The van der Waals surface area contributed by atoms with Gasteiger partial charge < -0.3 is 29.3 Å². The normalized spacial score (nSPS) is 18.9. The largest absolute Gasteiger partial charge is 0.498 e. The Bertz CT molecular complexity index is 5730. The Morgan fingerprint density at radius 3 is 1.40 bits per heavy atom. The molecule has 3 fully saturated rings. The molecule has 5 aromatic carbocycles. The van der Waals surface area contributed by atoms with Gasteiger partial charge >= 0.3 is 63.7 Å². The number of aliphatic imine (C=N–C) groups is 2. The summed E-state index contributed by atoms with van der Waals surface area (Å²) in [6.07, 6.45) is -13.3. The van der Waals surface area contributed by atoms with Gasteiger partial charge in [0.1, 0.15) is 32.5 Å². The number of ether oxygens (including phenoxy) is 3. The maximum absolute atomic E-state index is 15.2. The van der Waals surface area contributed by atoms with Crippen LogP contribution in [0.25, 0.3) is 33.9 Å². The average molecular weight is 2000 g/mol. The second-order valence-electron chi connectivity index (χ2n) is 34.1. The van der Waals surface area contributed by atoms with E-state index in [4.69, 9.17) is 52.5 Å². The second kappa shape index (κ2) is 39.4. The van der Waals surface area contributed by atoms with Crippen molar-refractivity contribution in [2.24, 2.45) is 37.4 Å². The Labute approximate surface area is 766 Å². The topological polar surface area (TPSA) is 298 Å². The van der Waals surface area contributed by atoms with Crippen molar-refractivity contribution in [1.29, 1.82) is 0 Å². The Morgan fingerprint density at radius 2 is 0.977 bits per heavy atom. The average Bonchev–Trinajstić information content (AvgIpc) is 1.58. The first-order chi connectivity index (χ1) is 61.7. The highest BCUT2D eigenvalue weighted by atomic mass is 79.9. The Morgan fingerprint density at radius 1 is 0.549 bits per heavy atom. The van der Waals surface area contributed by atoms with Gasteiger partial charge in [-0.2, -0.15) is 91.2 Å². The van der Waals surface area contributed by atoms with Crippen LogP contribution in [0.15, 0.2) is 167 Å². The van der Waals surface area contributed by atoms with E-state index in [0.717, 1.165) is 62.5 Å². The van der Waals surface area contributed by atoms with E-state index < -0.39 is 207 Å². The number of carbonyl (C=O) groups excluding carboxylic acids is 5. The van der Waals surface area contributed by atoms with Crippen molar-refractivity contribution in [3.63, 3.8) is 0 Å². The van der Waals surface area contributed by atoms with Crippen LogP contribution in [-0.4, -0.2) is 157 Å². The second-order valence-corrected chi connectivity index (χ2v) is 35.9. The molecular formula is C85H86BBrCl2F18N16O10. The van der Waals surface area contributed by atoms with Crippen LogP contribution in [0.3, 0.4) is 0 Å². The molecule has 3 N–H and O–H groups in total. The summed E-state index contributed by atoms with van der Waals surface area (Å²) in [5.74, 6) is -6.50. The van der Waals surface area contributed by atoms with Gasteiger partial charge in [0.05, 0.1) is 63.2 Å². The fourth-order valence-corrected chi connectivity index (χ4v) is 15.4. The minimum atomic E-state index is -4.88. The Kier molecular flexibility index (Phi) is 30.4. The van der Waals surface area contributed by atoms with Gasteiger partial charge in [0.25, 0.3) is 11.8 Å². The fraction of sp³-hybridized carbons (Fsp3) is 0.447. The third kappa shape index (κ3) is 22.0. The first kappa shape index (κ1) is 102. The molecule has 48 heteroatoms. The maximum atomic E-state index is 15.2. The molecule has 0 radical (unpaired) electrons. The van der Waals surface area contributed by atoms with Crippen molar-refractivity contribution >= 4 is 93.5 Å². The molecule has 0 unspecified atom stereocenters. The summed E-state index contributed by atoms with van der Waals surface area (Å²) < 4.78 is 279. The molecule has 7 heterocycles. The smallest absolute Gasteiger partial charge is 0.463 e. The van der Waals surface area contributed by atoms with E-state index in [9.17, 15) is 98.2 Å². The number of alkyl carbamates (subject to hydrolysis) is 1. The lowest BCUT2D eigenvalue weighted by atomic mass is 9.74. The highest BCUT2D eigenvalue weighted by Crippen LogP contribution is 2.57. The third-order valence-corrected chi connectivity index (χ3v) is 24.8. The number of nitrogens with zero attached hydrogens (tertiary/aromatic N) is 14. The molecule has 2 saturated carbocycles. The summed E-state index contributed by atoms with van der Waals surface area (Å²) >= 11 is 16.1. The van der Waals surface area contributed by atoms with E-state index >= 15 is 4.79 Å². The summed E-state index contributed by atoms with van der Waals surface area (Å²) in [4.78, 5) is 87.9. The van der Waals surface area contributed by atoms with E-state index in [-0.39, 0.29) is 98.1 Å². The van der Waals surface area contributed by atoms with Gasteiger partial charge in [0, 0.05) is 56.0 Å². The summed E-state index contributed by atoms with van der Waals surface area (Å²) in [6.45, 7) is -2.76. The molecule has 716 valence electrons. The molecule has 9 aromatic rings. The van der Waals surface area contributed by atoms with Gasteiger partial charge in [-0.25, -0.2) is 51.7 Å². The van der Waals surface area contributed by atoms with Crippen LogP contribution in [0.4, 0.5) is 83.8 Å². The standard InChI is InChI=1S/C39H35BrClF7N6O5.C35H32ClF9N8O3.C10H15BF2N2O2.CH4/c1-36(2,39(46,47)48)20-38(24-9-11-25(40)12-10-24)32(56)53(34(52-38)51-35(57)59-18-22-6-4-3-5-7-22)28(19-58-29(55)17-37(14-15-37)31(42)43)23-8-13-27(41)26(16-23)30-49-21-50-54(30)33(44)45;1-32(2,35(43,44)45)16-34(21-6-3-18(4-7-21)20-13-48-51(14-20)29(39)40)28(55)52(31(46)50-34)24(15-56-25(54)12-33(9-10-33)27(37)38)19-5-8-23(36)22(11-19)26-47-17-49-53(26)30(41)42;1-9(2)10(3,4)17-11(16-9)7-5-14-15(6-7)8(12)13;/h3-13,16,21,28,31,33H,14-15,17-20H2,1-2H3,(H,51,52,57);3-8,11,13-14,17,24,27,29-30H,9-10,12,15-16H2,1-2H3,(H2,46,50);5-6,8H,1-4H3;1H4/t28-,38-;24-,34-;;/m11../s1. The SMILES string of the molecule is C.CC(C)(C[C@]1(c2ccc(-c3cnn(C(F)F)c3)cc2)N=C(N)N([C@H](COC(=O)CC2(C(F)F)CC2)c2ccc(Cl)c(-c3ncnn3C(F)F)c2)C1=O)C(F)(F)F.CC(C)(C[C@]1(c2ccc(Br)cc2)N=C(NC(=O)OCc2ccccc2)N([C@H](COC(=O)CC2(C(F)F)CC2)c2ccc(Cl)c(-c3ncnn3C(F)F)c2)C1=O)C(F)(F)F.CC1(C)OB(c2cnn(C(F)F)c2)OC1(C)C. The quantitative estimate of drug-likeness (QED) is 0.0183. The van der Waals surface area contributed by atoms with Crippen LogP contribution in [0, 0.1) is 21.7 Å². The number of esters is 2. The molecule has 3 aliphatic heterocycles. The summed E-state index contributed by atoms with van der Waals surface area (Å²) in [7, 11) is -0.646. The molecule has 3 amide bonds. The molecule has 1 saturated heterocycles. The van der Waals surface area contributed by atoms with E-state index in [1.165, 1.54) is 97.3 Å². The fourth-order valence-electron chi connectivity index (χ4n) is 14.8. The molecule has 5 aliphatic rings. The van der Waals surface area contributed by atoms with Gasteiger partial charge in [-0.3, -0.25) is 34.3 Å². The van der Waals surface area contributed by atoms with Crippen LogP contribution in [-0.2, 0) is 60.4 Å². The third-order valence-electron chi connectivity index (χ3n) is 23.6. The van der Waals surface area contributed by atoms with Crippen molar-refractivity contribution in [3.05, 3.63) is 195 Å². The van der Waals surface area contributed by atoms with Crippen molar-refractivity contribution in [1.82, 2.24) is 64.2 Å². The number of alkyl halides is 18. The molecule has 0 spiro atoms. The zero-order chi connectivity index (χ0) is 96.7. The Balaban J connectivity index is 0.000000216. The van der Waals surface area contributed by atoms with Gasteiger partial charge in [0.15, 0.2) is 28.7 Å². The van der Waals surface area contributed by atoms with Crippen molar-refractivity contribution in [2.75, 3.05) is 13.2 Å². The number of halogens is 21. The maximum Gasteiger partial charge on any atom is 0.498 e. The lowest BCUT2D eigenvalue weighted by molar-refractivity contribution is -0.218. The summed E-state index contributed by atoms with van der Waals surface area (Å²) in [6, 6.07) is 23.8. The molecule has 4 atom stereocenters. The van der Waals surface area contributed by atoms with Crippen LogP contribution in [0.5, 0.6) is 0 Å². The van der Waals surface area contributed by atoms with Crippen molar-refractivity contribution in [3.8, 4) is 33.9 Å². The van der Waals surface area contributed by atoms with E-state index in [2.05, 4.69) is 61.6 Å². The number of benzene rings is 5. The van der Waals surface area contributed by atoms with E-state index in [1.807, 2.05) is 27.7 Å². The number of aromatic nitrogens is 10. The highest BCUT2D eigenvalue weighted by molar-refractivity contribution is 9.10. The van der Waals surface area contributed by atoms with Gasteiger partial charge in [0.2, 0.25) is 18.8 Å². The van der Waals surface area contributed by atoms with E-state index in [0.29, 0.717) is 30.4 Å². The zero-order valence-electron chi connectivity index (χ0n) is 70.8. The number of hydrogen-bond acceptors (Lipinski definition) is 19. The van der Waals surface area contributed by atoms with Crippen LogP contribution >= 0.6 is 39.1 Å². The molecule has 2 aliphatic carbocycles. The number of carbonyl (C=O) groups is 5. The lowest BCUT2D eigenvalue weighted by Crippen LogP contribution is -2.50. The van der Waals surface area contributed by atoms with Gasteiger partial charge in [-0.15, -0.1) is 0 Å². The number of hydrogen-bond donors (Lipinski definition) is 2. The minimum Gasteiger partial charge on any atom is -0.463 e. The number of rotatable bonds is 30. The van der Waals surface area contributed by atoms with Crippen LogP contribution in [0.2, 0.25) is 10.0 Å². The van der Waals surface area contributed by atoms with E-state index in [1.54, 1.807) is 30.3 Å². The van der Waals surface area contributed by atoms with Crippen LogP contribution < -0.4 is 16.5 Å². The number of nitrogens with two attached hydrogens (primary N) is 1. The molecule has 14 rings (SSSR count). The predicted octanol–water partition coefficient (Wildman–Crippen LogP) is 20.3. The molecule has 26 nitrogen and oxygen atoms in total. The summed E-state index contributed by atoms with van der Waals surface area (Å²) in [5, 5.41) is 16.3. The summed E-state index contributed by atoms with van der Waals surface area (Å²) in [5.41, 5.74) is -6.59. The van der Waals surface area contributed by atoms with Crippen LogP contribution in [0.1, 0.15) is 180 Å². The Hall–Kier alpha value is -11.1. The van der Waals surface area contributed by atoms with Gasteiger partial charge in [-0.1, -0.05) is 153 Å². The molecule has 0 bridgehead atoms. The monoisotopic (exact) mass is 1990 g/mol. The number of amides is 3. The molecular weight excluding hydrogens is 1910 g/mol. The molecule has 133 heavy (non-hydrogen) atoms. The number of nitrogens with one attached hydrogen (secondary N) is 1. The lowest BCUT2D eigenvalue weighted by Gasteiger charge is -2.37. The predicted molar refractivity (Wildman–Crippen MR) is 449 cm³/mol. The highest BCUT2D eigenvalue weighted by Gasteiger charge is 2.63. The van der Waals surface area contributed by atoms with Gasteiger partial charge in [-0.05, 0) is 136 Å². The van der Waals surface area contributed by atoms with Crippen molar-refractivity contribution < 1.29 is 127 Å².